The van der Waals surface area contributed by atoms with Crippen LogP contribution >= 0.6 is 0 Å². The number of hydrogen-bond donors (Lipinski definition) is 0. The lowest BCUT2D eigenvalue weighted by atomic mass is 9.67. The molecule has 0 saturated carbocycles. The minimum absolute atomic E-state index is 0.689. The van der Waals surface area contributed by atoms with E-state index in [9.17, 15) is 0 Å². The summed E-state index contributed by atoms with van der Waals surface area (Å²) in [4.78, 5) is 2.48. The van der Waals surface area contributed by atoms with E-state index in [4.69, 9.17) is 4.42 Å². The van der Waals surface area contributed by atoms with Gasteiger partial charge in [-0.05, 0) is 104 Å². The van der Waals surface area contributed by atoms with Gasteiger partial charge in [-0.1, -0.05) is 200 Å². The van der Waals surface area contributed by atoms with Crippen molar-refractivity contribution in [2.24, 2.45) is 0 Å². The van der Waals surface area contributed by atoms with Crippen LogP contribution in [0.15, 0.2) is 259 Å². The molecule has 0 unspecified atom stereocenters. The largest absolute Gasteiger partial charge is 0.455 e. The average molecular weight is 867 g/mol. The van der Waals surface area contributed by atoms with Crippen molar-refractivity contribution in [2.75, 3.05) is 4.90 Å². The standard InChI is InChI=1S/C65H42N2O/c1-5-19-43(20-6-1)44-33-36-49(37-34-44)66(50-38-39-53-52-29-15-17-31-57(52)67(58(53)41-50)48-26-11-4-12-27-48)59-42-56-63(64-62(59)54-30-16-18-32-60(54)68-64)61-51-28-14-13-21-45(51)35-40-55(61)65(56,46-22-7-2-8-23-46)47-24-9-3-10-25-47/h1-42H. The van der Waals surface area contributed by atoms with Crippen molar-refractivity contribution >= 4 is 71.6 Å². The monoisotopic (exact) mass is 866 g/mol. The summed E-state index contributed by atoms with van der Waals surface area (Å²) in [5.74, 6) is 0. The summed E-state index contributed by atoms with van der Waals surface area (Å²) in [5, 5.41) is 6.98. The molecule has 3 nitrogen and oxygen atoms in total. The maximum Gasteiger partial charge on any atom is 0.145 e. The van der Waals surface area contributed by atoms with E-state index >= 15 is 0 Å². The van der Waals surface area contributed by atoms with E-state index in [1.54, 1.807) is 0 Å². The van der Waals surface area contributed by atoms with Gasteiger partial charge < -0.3 is 13.9 Å². The van der Waals surface area contributed by atoms with Gasteiger partial charge in [0, 0.05) is 38.8 Å². The number of furan rings is 1. The molecule has 1 aliphatic carbocycles. The van der Waals surface area contributed by atoms with Crippen molar-refractivity contribution < 1.29 is 4.42 Å². The van der Waals surface area contributed by atoms with Crippen molar-refractivity contribution in [3.8, 4) is 27.9 Å². The van der Waals surface area contributed by atoms with Gasteiger partial charge in [0.05, 0.1) is 27.5 Å². The van der Waals surface area contributed by atoms with Crippen LogP contribution in [0.5, 0.6) is 0 Å². The second-order valence-corrected chi connectivity index (χ2v) is 17.9. The summed E-state index contributed by atoms with van der Waals surface area (Å²) in [6.45, 7) is 0. The van der Waals surface area contributed by atoms with Crippen LogP contribution in [-0.4, -0.2) is 4.57 Å². The first-order valence-electron chi connectivity index (χ1n) is 23.4. The zero-order chi connectivity index (χ0) is 44.8. The lowest BCUT2D eigenvalue weighted by Crippen LogP contribution is -2.28. The summed E-state index contributed by atoms with van der Waals surface area (Å²) >= 11 is 0. The molecule has 0 bridgehead atoms. The number of nitrogens with zero attached hydrogens (tertiary/aromatic N) is 2. The van der Waals surface area contributed by atoms with Crippen LogP contribution in [0.2, 0.25) is 0 Å². The molecule has 0 atom stereocenters. The van der Waals surface area contributed by atoms with Crippen LogP contribution in [-0.2, 0) is 5.41 Å². The second-order valence-electron chi connectivity index (χ2n) is 17.9. The maximum absolute atomic E-state index is 7.36. The van der Waals surface area contributed by atoms with Gasteiger partial charge in [0.25, 0.3) is 0 Å². The van der Waals surface area contributed by atoms with Crippen LogP contribution < -0.4 is 4.90 Å². The predicted octanol–water partition coefficient (Wildman–Crippen LogP) is 17.3. The Labute approximate surface area is 394 Å². The fourth-order valence-electron chi connectivity index (χ4n) is 11.6. The zero-order valence-corrected chi connectivity index (χ0v) is 37.1. The van der Waals surface area contributed by atoms with Gasteiger partial charge in [-0.25, -0.2) is 0 Å². The molecule has 0 fully saturated rings. The number of hydrogen-bond acceptors (Lipinski definition) is 2. The van der Waals surface area contributed by atoms with Gasteiger partial charge in [0.2, 0.25) is 0 Å². The molecule has 0 N–H and O–H groups in total. The number of para-hydroxylation sites is 3. The molecule has 2 heterocycles. The minimum atomic E-state index is -0.689. The van der Waals surface area contributed by atoms with E-state index in [0.29, 0.717) is 0 Å². The number of benzene rings is 11. The topological polar surface area (TPSA) is 21.3 Å². The summed E-state index contributed by atoms with van der Waals surface area (Å²) < 4.78 is 9.77. The maximum atomic E-state index is 7.36. The predicted molar refractivity (Wildman–Crippen MR) is 283 cm³/mol. The van der Waals surface area contributed by atoms with Gasteiger partial charge in [-0.3, -0.25) is 0 Å². The number of anilines is 3. The molecular weight excluding hydrogens is 825 g/mol. The highest BCUT2D eigenvalue weighted by molar-refractivity contribution is 6.22. The Balaban J connectivity index is 1.15. The molecule has 0 saturated heterocycles. The Morgan fingerprint density at radius 2 is 0.956 bits per heavy atom. The third-order valence-corrected chi connectivity index (χ3v) is 14.4. The Morgan fingerprint density at radius 3 is 1.69 bits per heavy atom. The lowest BCUT2D eigenvalue weighted by Gasteiger charge is -2.35. The summed E-state index contributed by atoms with van der Waals surface area (Å²) in [5.41, 5.74) is 17.2. The molecule has 3 heteroatoms. The Hall–Kier alpha value is -8.92. The number of rotatable bonds is 7. The third-order valence-electron chi connectivity index (χ3n) is 14.4. The second kappa shape index (κ2) is 15.1. The highest BCUT2D eigenvalue weighted by Gasteiger charge is 2.49. The van der Waals surface area contributed by atoms with E-state index in [0.717, 1.165) is 61.3 Å². The average Bonchev–Trinajstić information content (AvgIpc) is 4.07. The molecule has 11 aromatic carbocycles. The summed E-state index contributed by atoms with van der Waals surface area (Å²) in [6, 6.07) is 93.0. The van der Waals surface area contributed by atoms with Crippen LogP contribution in [0, 0.1) is 0 Å². The Morgan fingerprint density at radius 1 is 0.382 bits per heavy atom. The van der Waals surface area contributed by atoms with E-state index in [-0.39, 0.29) is 0 Å². The highest BCUT2D eigenvalue weighted by atomic mass is 16.3. The Kier molecular flexibility index (Phi) is 8.50. The molecule has 318 valence electrons. The van der Waals surface area contributed by atoms with Crippen molar-refractivity contribution in [2.45, 2.75) is 5.41 Å². The quantitative estimate of drug-likeness (QED) is 0.159. The molecule has 1 aliphatic rings. The highest BCUT2D eigenvalue weighted by Crippen LogP contribution is 2.62. The summed E-state index contributed by atoms with van der Waals surface area (Å²) in [7, 11) is 0. The molecule has 14 rings (SSSR count). The van der Waals surface area contributed by atoms with Crippen LogP contribution in [0.1, 0.15) is 22.3 Å². The smallest absolute Gasteiger partial charge is 0.145 e. The normalized spacial score (nSPS) is 12.8. The SMILES string of the molecule is c1ccc(-c2ccc(N(c3ccc4c5ccccc5n(-c5ccccc5)c4c3)c3cc4c(c5oc6ccccc6c35)-c3c(ccc5ccccc35)C4(c3ccccc3)c3ccccc3)cc2)cc1. The van der Waals surface area contributed by atoms with E-state index in [1.807, 2.05) is 0 Å². The fourth-order valence-corrected chi connectivity index (χ4v) is 11.6. The lowest BCUT2D eigenvalue weighted by molar-refractivity contribution is 0.669. The molecule has 13 aromatic rings. The van der Waals surface area contributed by atoms with Crippen molar-refractivity contribution in [3.05, 3.63) is 277 Å². The molecule has 0 amide bonds. The van der Waals surface area contributed by atoms with E-state index in [1.165, 1.54) is 60.4 Å². The molecule has 68 heavy (non-hydrogen) atoms. The van der Waals surface area contributed by atoms with Gasteiger partial charge in [-0.2, -0.15) is 0 Å². The third kappa shape index (κ3) is 5.54. The molecule has 2 aromatic heterocycles. The van der Waals surface area contributed by atoms with E-state index < -0.39 is 5.41 Å². The van der Waals surface area contributed by atoms with Gasteiger partial charge in [0.15, 0.2) is 0 Å². The van der Waals surface area contributed by atoms with Crippen LogP contribution in [0.3, 0.4) is 0 Å². The number of aromatic nitrogens is 1. The zero-order valence-electron chi connectivity index (χ0n) is 37.1. The van der Waals surface area contributed by atoms with Crippen LogP contribution in [0.25, 0.3) is 82.5 Å². The van der Waals surface area contributed by atoms with Gasteiger partial charge in [-0.15, -0.1) is 0 Å². The molecule has 0 aliphatic heterocycles. The first-order chi connectivity index (χ1) is 33.8. The molecule has 0 radical (unpaired) electrons. The first kappa shape index (κ1) is 38.4. The van der Waals surface area contributed by atoms with Crippen molar-refractivity contribution in [1.82, 2.24) is 4.57 Å². The van der Waals surface area contributed by atoms with Crippen LogP contribution in [0.4, 0.5) is 17.1 Å². The fraction of sp³-hybridized carbons (Fsp3) is 0.0154. The van der Waals surface area contributed by atoms with E-state index in [2.05, 4.69) is 264 Å². The minimum Gasteiger partial charge on any atom is -0.455 e. The summed E-state index contributed by atoms with van der Waals surface area (Å²) in [6.07, 6.45) is 0. The van der Waals surface area contributed by atoms with Gasteiger partial charge in [0.1, 0.15) is 11.2 Å². The molecule has 0 spiro atoms. The van der Waals surface area contributed by atoms with Crippen molar-refractivity contribution in [3.63, 3.8) is 0 Å². The Bertz CT molecular complexity index is 4020. The van der Waals surface area contributed by atoms with Crippen molar-refractivity contribution in [1.29, 1.82) is 0 Å². The molecular formula is C65H42N2O. The van der Waals surface area contributed by atoms with Gasteiger partial charge >= 0.3 is 0 Å². The number of fused-ring (bicyclic) bond motifs is 12. The first-order valence-corrected chi connectivity index (χ1v) is 23.4.